The maximum absolute atomic E-state index is 3.54. The van der Waals surface area contributed by atoms with E-state index in [1.165, 1.54) is 10.7 Å². The minimum Gasteiger partial charge on any atom is -0.0484 e. The van der Waals surface area contributed by atoms with Crippen LogP contribution in [-0.4, -0.2) is 0 Å². The average molecular weight is 692 g/mol. The summed E-state index contributed by atoms with van der Waals surface area (Å²) in [5, 5.41) is 0. The van der Waals surface area contributed by atoms with Crippen molar-refractivity contribution in [2.45, 2.75) is 0 Å². The minimum absolute atomic E-state index is 1.14. The Morgan fingerprint density at radius 3 is 0.917 bits per heavy atom. The van der Waals surface area contributed by atoms with Crippen LogP contribution >= 0.6 is 116 Å². The Morgan fingerprint density at radius 2 is 0.750 bits per heavy atom. The SMILES string of the molecule is Brc1c(I)c(Br)c(I)c(Br)c1I. The number of hydrogen-bond acceptors (Lipinski definition) is 0. The first-order valence-corrected chi connectivity index (χ1v) is 8.25. The summed E-state index contributed by atoms with van der Waals surface area (Å²) in [4.78, 5) is 0. The van der Waals surface area contributed by atoms with Crippen LogP contribution in [0.25, 0.3) is 0 Å². The van der Waals surface area contributed by atoms with Gasteiger partial charge in [0.25, 0.3) is 0 Å². The van der Waals surface area contributed by atoms with E-state index in [1.54, 1.807) is 0 Å². The van der Waals surface area contributed by atoms with Crippen molar-refractivity contribution in [1.82, 2.24) is 0 Å². The van der Waals surface area contributed by atoms with Crippen LogP contribution in [0.4, 0.5) is 0 Å². The van der Waals surface area contributed by atoms with Crippen molar-refractivity contribution in [3.05, 3.63) is 24.1 Å². The minimum atomic E-state index is 1.14. The number of rotatable bonds is 0. The van der Waals surface area contributed by atoms with Crippen molar-refractivity contribution in [2.24, 2.45) is 0 Å². The smallest absolute Gasteiger partial charge is 0.0466 e. The number of hydrogen-bond donors (Lipinski definition) is 0. The van der Waals surface area contributed by atoms with Crippen LogP contribution in [0.5, 0.6) is 0 Å². The molecule has 66 valence electrons. The fourth-order valence-electron chi connectivity index (χ4n) is 0.578. The van der Waals surface area contributed by atoms with E-state index in [-0.39, 0.29) is 0 Å². The first-order valence-electron chi connectivity index (χ1n) is 2.63. The van der Waals surface area contributed by atoms with Gasteiger partial charge in [-0.25, -0.2) is 0 Å². The maximum atomic E-state index is 3.54. The molecule has 0 radical (unpaired) electrons. The van der Waals surface area contributed by atoms with E-state index >= 15 is 0 Å². The first-order chi connectivity index (χ1) is 5.46. The third-order valence-corrected chi connectivity index (χ3v) is 11.2. The maximum Gasteiger partial charge on any atom is 0.0466 e. The molecule has 0 unspecified atom stereocenters. The Kier molecular flexibility index (Phi) is 5.66. The van der Waals surface area contributed by atoms with Crippen LogP contribution in [0.1, 0.15) is 0 Å². The fourth-order valence-corrected chi connectivity index (χ4v) is 5.73. The molecular weight excluding hydrogens is 692 g/mol. The molecule has 0 saturated carbocycles. The highest BCUT2D eigenvalue weighted by molar-refractivity contribution is 14.1. The summed E-state index contributed by atoms with van der Waals surface area (Å²) < 4.78 is 7.06. The summed E-state index contributed by atoms with van der Waals surface area (Å²) in [5.74, 6) is 0. The number of halogens is 6. The topological polar surface area (TPSA) is 0 Å². The van der Waals surface area contributed by atoms with Crippen LogP contribution in [0, 0.1) is 10.7 Å². The Hall–Kier alpha value is 2.85. The second kappa shape index (κ2) is 5.26. The van der Waals surface area contributed by atoms with E-state index in [9.17, 15) is 0 Å². The third kappa shape index (κ3) is 2.50. The molecule has 0 aliphatic rings. The fraction of sp³-hybridized carbons (Fsp3) is 0. The Balaban J connectivity index is 3.60. The summed E-state index contributed by atoms with van der Waals surface area (Å²) in [7, 11) is 0. The predicted molar refractivity (Wildman–Crippen MR) is 87.7 cm³/mol. The van der Waals surface area contributed by atoms with Gasteiger partial charge in [-0.05, 0) is 116 Å². The summed E-state index contributed by atoms with van der Waals surface area (Å²) in [6.45, 7) is 0. The van der Waals surface area contributed by atoms with Crippen molar-refractivity contribution >= 4 is 116 Å². The van der Waals surface area contributed by atoms with Gasteiger partial charge in [0.1, 0.15) is 0 Å². The third-order valence-electron chi connectivity index (χ3n) is 1.16. The highest BCUT2D eigenvalue weighted by atomic mass is 127. The molecule has 0 aromatic heterocycles. The van der Waals surface area contributed by atoms with Crippen molar-refractivity contribution in [1.29, 1.82) is 0 Å². The zero-order chi connectivity index (χ0) is 9.46. The molecule has 0 nitrogen and oxygen atoms in total. The number of benzene rings is 1. The first kappa shape index (κ1) is 12.9. The molecule has 0 saturated heterocycles. The summed E-state index contributed by atoms with van der Waals surface area (Å²) in [5.41, 5.74) is 0. The Morgan fingerprint density at radius 1 is 0.583 bits per heavy atom. The standard InChI is InChI=1S/C6Br3I3/c7-1-4(10)2(8)6(12)3(9)5(1)11. The molecule has 1 rings (SSSR count). The summed E-state index contributed by atoms with van der Waals surface area (Å²) >= 11 is 17.5. The van der Waals surface area contributed by atoms with E-state index in [2.05, 4.69) is 116 Å². The van der Waals surface area contributed by atoms with Gasteiger partial charge in [-0.1, -0.05) is 0 Å². The van der Waals surface area contributed by atoms with Gasteiger partial charge in [0.15, 0.2) is 0 Å². The molecule has 1 aromatic carbocycles. The second-order valence-corrected chi connectivity index (χ2v) is 7.50. The van der Waals surface area contributed by atoms with Crippen LogP contribution in [-0.2, 0) is 0 Å². The molecule has 0 amide bonds. The molecular formula is C6Br3I3. The largest absolute Gasteiger partial charge is 0.0484 e. The summed E-state index contributed by atoms with van der Waals surface area (Å²) in [6, 6.07) is 0. The van der Waals surface area contributed by atoms with Gasteiger partial charge in [-0.3, -0.25) is 0 Å². The zero-order valence-electron chi connectivity index (χ0n) is 5.27. The van der Waals surface area contributed by atoms with Crippen LogP contribution < -0.4 is 0 Å². The van der Waals surface area contributed by atoms with Gasteiger partial charge in [0, 0.05) is 24.1 Å². The van der Waals surface area contributed by atoms with Crippen LogP contribution in [0.15, 0.2) is 13.4 Å². The quantitative estimate of drug-likeness (QED) is 0.184. The van der Waals surface area contributed by atoms with Gasteiger partial charge >= 0.3 is 0 Å². The lowest BCUT2D eigenvalue weighted by molar-refractivity contribution is 1.40. The highest BCUT2D eigenvalue weighted by Gasteiger charge is 2.14. The molecule has 0 spiro atoms. The van der Waals surface area contributed by atoms with E-state index in [4.69, 9.17) is 0 Å². The van der Waals surface area contributed by atoms with Gasteiger partial charge in [-0.15, -0.1) is 0 Å². The van der Waals surface area contributed by atoms with E-state index in [1.807, 2.05) is 0 Å². The lowest BCUT2D eigenvalue weighted by Gasteiger charge is -2.08. The van der Waals surface area contributed by atoms with E-state index < -0.39 is 0 Å². The predicted octanol–water partition coefficient (Wildman–Crippen LogP) is 5.79. The molecule has 0 atom stereocenters. The van der Waals surface area contributed by atoms with Crippen molar-refractivity contribution in [3.63, 3.8) is 0 Å². The normalized spacial score (nSPS) is 10.5. The molecule has 0 heterocycles. The van der Waals surface area contributed by atoms with Gasteiger partial charge < -0.3 is 0 Å². The molecule has 0 aliphatic heterocycles. The zero-order valence-corrected chi connectivity index (χ0v) is 16.5. The molecule has 0 bridgehead atoms. The second-order valence-electron chi connectivity index (χ2n) is 1.88. The summed E-state index contributed by atoms with van der Waals surface area (Å²) in [6.07, 6.45) is 0. The molecule has 6 heteroatoms. The monoisotopic (exact) mass is 689 g/mol. The van der Waals surface area contributed by atoms with Crippen molar-refractivity contribution in [2.75, 3.05) is 0 Å². The van der Waals surface area contributed by atoms with Gasteiger partial charge in [0.2, 0.25) is 0 Å². The van der Waals surface area contributed by atoms with E-state index in [0.717, 1.165) is 13.4 Å². The van der Waals surface area contributed by atoms with Gasteiger partial charge in [-0.2, -0.15) is 0 Å². The van der Waals surface area contributed by atoms with Gasteiger partial charge in [0.05, 0.1) is 0 Å². The van der Waals surface area contributed by atoms with Crippen molar-refractivity contribution < 1.29 is 0 Å². The lowest BCUT2D eigenvalue weighted by atomic mass is 10.4. The Bertz CT molecular complexity index is 232. The highest BCUT2D eigenvalue weighted by Crippen LogP contribution is 2.40. The average Bonchev–Trinajstić information content (AvgIpc) is 2.08. The van der Waals surface area contributed by atoms with E-state index in [0.29, 0.717) is 0 Å². The van der Waals surface area contributed by atoms with Crippen LogP contribution in [0.2, 0.25) is 0 Å². The molecule has 12 heavy (non-hydrogen) atoms. The molecule has 1 aromatic rings. The Labute approximate surface area is 137 Å². The molecule has 0 fully saturated rings. The lowest BCUT2D eigenvalue weighted by Crippen LogP contribution is -1.90. The van der Waals surface area contributed by atoms with Crippen LogP contribution in [0.3, 0.4) is 0 Å². The van der Waals surface area contributed by atoms with Crippen molar-refractivity contribution in [3.8, 4) is 0 Å². The molecule has 0 aliphatic carbocycles. The molecule has 0 N–H and O–H groups in total.